The van der Waals surface area contributed by atoms with Crippen LogP contribution in [-0.4, -0.2) is 28.0 Å². The predicted molar refractivity (Wildman–Crippen MR) is 70.0 cm³/mol. The molecule has 0 unspecified atom stereocenters. The Labute approximate surface area is 111 Å². The molecular formula is C13H16N4O2. The van der Waals surface area contributed by atoms with Gasteiger partial charge < -0.3 is 10.1 Å². The summed E-state index contributed by atoms with van der Waals surface area (Å²) in [5.41, 5.74) is 1.57. The molecule has 2 aromatic rings. The first-order chi connectivity index (χ1) is 9.22. The average molecular weight is 260 g/mol. The molecule has 0 aliphatic carbocycles. The molecule has 0 radical (unpaired) electrons. The summed E-state index contributed by atoms with van der Waals surface area (Å²) in [7, 11) is 1.62. The molecule has 0 atom stereocenters. The van der Waals surface area contributed by atoms with Crippen LogP contribution >= 0.6 is 0 Å². The number of carbonyl (C=O) groups is 1. The zero-order valence-corrected chi connectivity index (χ0v) is 11.0. The molecule has 0 spiro atoms. The van der Waals surface area contributed by atoms with Crippen molar-refractivity contribution in [2.45, 2.75) is 19.9 Å². The van der Waals surface area contributed by atoms with Gasteiger partial charge >= 0.3 is 0 Å². The molecule has 2 rings (SSSR count). The number of nitrogens with zero attached hydrogens (tertiary/aromatic N) is 3. The summed E-state index contributed by atoms with van der Waals surface area (Å²) < 4.78 is 6.81. The fraction of sp³-hybridized carbons (Fsp3) is 0.308. The van der Waals surface area contributed by atoms with E-state index in [9.17, 15) is 4.79 Å². The summed E-state index contributed by atoms with van der Waals surface area (Å²) in [6.07, 6.45) is 2.24. The van der Waals surface area contributed by atoms with Gasteiger partial charge in [0, 0.05) is 12.5 Å². The van der Waals surface area contributed by atoms with E-state index in [0.29, 0.717) is 18.7 Å². The largest absolute Gasteiger partial charge is 0.497 e. The van der Waals surface area contributed by atoms with E-state index < -0.39 is 0 Å². The molecule has 0 aliphatic rings. The fourth-order valence-electron chi connectivity index (χ4n) is 1.57. The lowest BCUT2D eigenvalue weighted by Crippen LogP contribution is -2.21. The quantitative estimate of drug-likeness (QED) is 0.879. The minimum Gasteiger partial charge on any atom is -0.497 e. The molecule has 1 heterocycles. The van der Waals surface area contributed by atoms with Crippen LogP contribution in [0, 0.1) is 0 Å². The number of methoxy groups -OCH3 is 1. The highest BCUT2D eigenvalue weighted by atomic mass is 16.5. The summed E-state index contributed by atoms with van der Waals surface area (Å²) in [5.74, 6) is 0.754. The van der Waals surface area contributed by atoms with Crippen LogP contribution in [-0.2, 0) is 11.3 Å². The highest BCUT2D eigenvalue weighted by Crippen LogP contribution is 2.15. The van der Waals surface area contributed by atoms with Crippen LogP contribution in [0.4, 0.5) is 0 Å². The van der Waals surface area contributed by atoms with Crippen molar-refractivity contribution in [2.75, 3.05) is 7.11 Å². The van der Waals surface area contributed by atoms with Crippen LogP contribution in [0.15, 0.2) is 30.5 Å². The third kappa shape index (κ3) is 3.31. The molecule has 0 aliphatic heterocycles. The van der Waals surface area contributed by atoms with Crippen molar-refractivity contribution < 1.29 is 9.53 Å². The topological polar surface area (TPSA) is 69.0 Å². The molecule has 0 saturated carbocycles. The molecule has 6 heteroatoms. The van der Waals surface area contributed by atoms with Gasteiger partial charge in [-0.15, -0.1) is 5.10 Å². The molecule has 1 amide bonds. The molecule has 6 nitrogen and oxygen atoms in total. The summed E-state index contributed by atoms with van der Waals surface area (Å²) in [5, 5.41) is 10.8. The van der Waals surface area contributed by atoms with Crippen molar-refractivity contribution in [1.29, 1.82) is 0 Å². The Kier molecular flexibility index (Phi) is 4.12. The maximum absolute atomic E-state index is 11.2. The molecule has 100 valence electrons. The number of hydrogen-bond donors (Lipinski definition) is 1. The number of nitrogens with one attached hydrogen (secondary N) is 1. The zero-order valence-electron chi connectivity index (χ0n) is 11.0. The first-order valence-corrected chi connectivity index (χ1v) is 6.05. The molecule has 1 N–H and O–H groups in total. The first-order valence-electron chi connectivity index (χ1n) is 6.05. The molecular weight excluding hydrogens is 244 g/mol. The smallest absolute Gasteiger partial charge is 0.220 e. The second-order valence-electron chi connectivity index (χ2n) is 3.99. The lowest BCUT2D eigenvalue weighted by atomic mass is 10.3. The van der Waals surface area contributed by atoms with Gasteiger partial charge in [0.05, 0.1) is 25.5 Å². The van der Waals surface area contributed by atoms with E-state index in [-0.39, 0.29) is 5.91 Å². The fourth-order valence-corrected chi connectivity index (χ4v) is 1.57. The van der Waals surface area contributed by atoms with Crippen LogP contribution in [0.1, 0.15) is 19.0 Å². The molecule has 19 heavy (non-hydrogen) atoms. The van der Waals surface area contributed by atoms with Gasteiger partial charge in [-0.25, -0.2) is 4.68 Å². The number of ether oxygens (including phenoxy) is 1. The van der Waals surface area contributed by atoms with Gasteiger partial charge in [0.2, 0.25) is 5.91 Å². The summed E-state index contributed by atoms with van der Waals surface area (Å²) in [6.45, 7) is 2.19. The van der Waals surface area contributed by atoms with Crippen LogP contribution in [0.25, 0.3) is 5.69 Å². The van der Waals surface area contributed by atoms with E-state index >= 15 is 0 Å². The summed E-state index contributed by atoms with van der Waals surface area (Å²) in [4.78, 5) is 11.2. The highest BCUT2D eigenvalue weighted by Gasteiger charge is 2.05. The van der Waals surface area contributed by atoms with Gasteiger partial charge in [0.1, 0.15) is 11.4 Å². The van der Waals surface area contributed by atoms with Gasteiger partial charge in [0.15, 0.2) is 0 Å². The Balaban J connectivity index is 2.09. The van der Waals surface area contributed by atoms with Gasteiger partial charge in [-0.2, -0.15) is 0 Å². The first kappa shape index (κ1) is 13.1. The maximum Gasteiger partial charge on any atom is 0.220 e. The van der Waals surface area contributed by atoms with Crippen LogP contribution < -0.4 is 10.1 Å². The monoisotopic (exact) mass is 260 g/mol. The minimum atomic E-state index is -0.00377. The van der Waals surface area contributed by atoms with Crippen molar-refractivity contribution in [1.82, 2.24) is 20.3 Å². The predicted octanol–water partition coefficient (Wildman–Crippen LogP) is 1.30. The van der Waals surface area contributed by atoms with E-state index in [0.717, 1.165) is 11.4 Å². The second-order valence-corrected chi connectivity index (χ2v) is 3.99. The molecule has 0 fully saturated rings. The molecule has 1 aromatic heterocycles. The number of benzene rings is 1. The van der Waals surface area contributed by atoms with E-state index in [1.807, 2.05) is 31.2 Å². The van der Waals surface area contributed by atoms with E-state index in [1.54, 1.807) is 18.0 Å². The van der Waals surface area contributed by atoms with Gasteiger partial charge in [-0.3, -0.25) is 4.79 Å². The maximum atomic E-state index is 11.2. The van der Waals surface area contributed by atoms with Crippen molar-refractivity contribution in [3.8, 4) is 11.4 Å². The van der Waals surface area contributed by atoms with Crippen molar-refractivity contribution in [2.24, 2.45) is 0 Å². The third-order valence-corrected chi connectivity index (χ3v) is 2.65. The molecule has 0 bridgehead atoms. The molecule has 0 saturated heterocycles. The summed E-state index contributed by atoms with van der Waals surface area (Å²) >= 11 is 0. The van der Waals surface area contributed by atoms with E-state index in [1.165, 1.54) is 0 Å². The average Bonchev–Trinajstić information content (AvgIpc) is 2.93. The van der Waals surface area contributed by atoms with E-state index in [4.69, 9.17) is 4.74 Å². The Bertz CT molecular complexity index is 565. The minimum absolute atomic E-state index is 0.00377. The lowest BCUT2D eigenvalue weighted by molar-refractivity contribution is -0.120. The van der Waals surface area contributed by atoms with Gasteiger partial charge in [-0.05, 0) is 12.1 Å². The van der Waals surface area contributed by atoms with Crippen LogP contribution in [0.2, 0.25) is 0 Å². The SMILES string of the molecule is CCC(=O)NCc1cn(-c2cccc(OC)c2)nn1. The number of rotatable bonds is 5. The highest BCUT2D eigenvalue weighted by molar-refractivity contribution is 5.75. The normalized spacial score (nSPS) is 10.2. The van der Waals surface area contributed by atoms with Gasteiger partial charge in [0.25, 0.3) is 0 Å². The number of aromatic nitrogens is 3. The number of amides is 1. The van der Waals surface area contributed by atoms with Crippen LogP contribution in [0.3, 0.4) is 0 Å². The second kappa shape index (κ2) is 5.99. The third-order valence-electron chi connectivity index (χ3n) is 2.65. The summed E-state index contributed by atoms with van der Waals surface area (Å²) in [6, 6.07) is 7.52. The van der Waals surface area contributed by atoms with E-state index in [2.05, 4.69) is 15.6 Å². The number of hydrogen-bond acceptors (Lipinski definition) is 4. The Morgan fingerprint density at radius 3 is 3.05 bits per heavy atom. The molecule has 1 aromatic carbocycles. The Morgan fingerprint density at radius 1 is 1.47 bits per heavy atom. The van der Waals surface area contributed by atoms with Crippen molar-refractivity contribution >= 4 is 5.91 Å². The zero-order chi connectivity index (χ0) is 13.7. The van der Waals surface area contributed by atoms with Gasteiger partial charge in [-0.1, -0.05) is 18.2 Å². The Morgan fingerprint density at radius 2 is 2.32 bits per heavy atom. The number of carbonyl (C=O) groups excluding carboxylic acids is 1. The van der Waals surface area contributed by atoms with Crippen molar-refractivity contribution in [3.05, 3.63) is 36.2 Å². The van der Waals surface area contributed by atoms with Crippen molar-refractivity contribution in [3.63, 3.8) is 0 Å². The Hall–Kier alpha value is -2.37. The lowest BCUT2D eigenvalue weighted by Gasteiger charge is -2.03. The standard InChI is InChI=1S/C13H16N4O2/c1-3-13(18)14-8-10-9-17(16-15-10)11-5-4-6-12(7-11)19-2/h4-7,9H,3,8H2,1-2H3,(H,14,18). The van der Waals surface area contributed by atoms with Crippen LogP contribution in [0.5, 0.6) is 5.75 Å².